The van der Waals surface area contributed by atoms with Crippen molar-refractivity contribution in [3.63, 3.8) is 0 Å². The van der Waals surface area contributed by atoms with Crippen molar-refractivity contribution in [3.05, 3.63) is 48.0 Å². The average Bonchev–Trinajstić information content (AvgIpc) is 3.09. The Bertz CT molecular complexity index is 1080. The van der Waals surface area contributed by atoms with Crippen LogP contribution in [0.1, 0.15) is 25.3 Å². The first-order valence-corrected chi connectivity index (χ1v) is 11.0. The molecule has 0 spiro atoms. The molecule has 3 aromatic rings. The zero-order valence-electron chi connectivity index (χ0n) is 16.5. The number of nitrogens with one attached hydrogen (secondary N) is 2. The summed E-state index contributed by atoms with van der Waals surface area (Å²) in [4.78, 5) is 40.1. The van der Waals surface area contributed by atoms with Crippen LogP contribution in [0.25, 0.3) is 10.2 Å². The predicted octanol–water partition coefficient (Wildman–Crippen LogP) is 4.53. The molecule has 2 amide bonds. The van der Waals surface area contributed by atoms with Crippen molar-refractivity contribution < 1.29 is 19.5 Å². The highest BCUT2D eigenvalue weighted by atomic mass is 32.2. The number of carbonyl (C=O) groups excluding carboxylic acids is 2. The van der Waals surface area contributed by atoms with Gasteiger partial charge in [0, 0.05) is 17.0 Å². The van der Waals surface area contributed by atoms with Gasteiger partial charge >= 0.3 is 5.97 Å². The maximum atomic E-state index is 12.5. The fraction of sp³-hybridized carbons (Fsp3) is 0.238. The topological polar surface area (TPSA) is 108 Å². The molecule has 1 heterocycles. The lowest BCUT2D eigenvalue weighted by Crippen LogP contribution is -2.22. The van der Waals surface area contributed by atoms with Crippen LogP contribution >= 0.6 is 23.1 Å². The third kappa shape index (κ3) is 6.04. The largest absolute Gasteiger partial charge is 0.481 e. The molecule has 1 aromatic heterocycles. The van der Waals surface area contributed by atoms with Crippen LogP contribution in [-0.2, 0) is 14.4 Å². The number of nitrogens with zero attached hydrogens (tertiary/aromatic N) is 1. The normalized spacial score (nSPS) is 11.8. The molecule has 0 saturated heterocycles. The highest BCUT2D eigenvalue weighted by molar-refractivity contribution is 8.00. The Morgan fingerprint density at radius 3 is 2.53 bits per heavy atom. The monoisotopic (exact) mass is 443 g/mol. The Labute approximate surface area is 181 Å². The van der Waals surface area contributed by atoms with Gasteiger partial charge in [-0.3, -0.25) is 14.4 Å². The van der Waals surface area contributed by atoms with Crippen LogP contribution in [0.5, 0.6) is 0 Å². The molecule has 7 nitrogen and oxygen atoms in total. The smallest absolute Gasteiger partial charge is 0.303 e. The first kappa shape index (κ1) is 21.8. The van der Waals surface area contributed by atoms with E-state index in [-0.39, 0.29) is 29.9 Å². The molecule has 30 heavy (non-hydrogen) atoms. The number of carboxylic acid groups (broad SMARTS) is 1. The van der Waals surface area contributed by atoms with Gasteiger partial charge in [0.1, 0.15) is 0 Å². The second kappa shape index (κ2) is 9.73. The number of rotatable bonds is 8. The van der Waals surface area contributed by atoms with Crippen molar-refractivity contribution >= 4 is 61.9 Å². The second-order valence-electron chi connectivity index (χ2n) is 6.71. The van der Waals surface area contributed by atoms with Gasteiger partial charge in [0.05, 0.1) is 21.9 Å². The minimum absolute atomic E-state index is 0.0750. The van der Waals surface area contributed by atoms with Crippen molar-refractivity contribution in [1.82, 2.24) is 4.98 Å². The number of aliphatic carboxylic acids is 1. The number of amides is 2. The molecule has 0 saturated carbocycles. The van der Waals surface area contributed by atoms with Crippen molar-refractivity contribution in [2.24, 2.45) is 0 Å². The third-order valence-electron chi connectivity index (χ3n) is 4.16. The van der Waals surface area contributed by atoms with E-state index in [4.69, 9.17) is 5.11 Å². The zero-order valence-corrected chi connectivity index (χ0v) is 18.1. The van der Waals surface area contributed by atoms with Gasteiger partial charge in [0.25, 0.3) is 0 Å². The second-order valence-corrected chi connectivity index (χ2v) is 9.15. The predicted molar refractivity (Wildman–Crippen MR) is 120 cm³/mol. The maximum absolute atomic E-state index is 12.5. The summed E-state index contributed by atoms with van der Waals surface area (Å²) in [6, 6.07) is 13.0. The molecule has 2 aromatic carbocycles. The molecular formula is C21H21N3O4S2. The summed E-state index contributed by atoms with van der Waals surface area (Å²) in [7, 11) is 0. The molecule has 0 fully saturated rings. The Morgan fingerprint density at radius 1 is 1.10 bits per heavy atom. The van der Waals surface area contributed by atoms with Gasteiger partial charge in [0.15, 0.2) is 5.13 Å². The first-order chi connectivity index (χ1) is 14.3. The molecular weight excluding hydrogens is 422 g/mol. The minimum atomic E-state index is -1.01. The van der Waals surface area contributed by atoms with Crippen LogP contribution in [0.15, 0.2) is 47.4 Å². The fourth-order valence-corrected chi connectivity index (χ4v) is 4.45. The lowest BCUT2D eigenvalue weighted by Gasteiger charge is -2.11. The summed E-state index contributed by atoms with van der Waals surface area (Å²) in [6.45, 7) is 3.84. The molecule has 1 atom stereocenters. The molecule has 1 unspecified atom stereocenters. The van der Waals surface area contributed by atoms with E-state index in [0.717, 1.165) is 20.7 Å². The first-order valence-electron chi connectivity index (χ1n) is 9.26. The van der Waals surface area contributed by atoms with Gasteiger partial charge in [-0.05, 0) is 55.8 Å². The number of fused-ring (bicyclic) bond motifs is 1. The highest BCUT2D eigenvalue weighted by Gasteiger charge is 2.16. The van der Waals surface area contributed by atoms with Gasteiger partial charge in [-0.25, -0.2) is 4.98 Å². The van der Waals surface area contributed by atoms with Crippen LogP contribution in [0.4, 0.5) is 10.8 Å². The van der Waals surface area contributed by atoms with E-state index < -0.39 is 5.97 Å². The standard InChI is InChI=1S/C21H21N3O4S2/c1-12-3-8-16-17(11-12)30-21(23-16)24-20(28)13(2)29-15-6-4-14(5-7-15)22-18(25)9-10-19(26)27/h3-8,11,13H,9-10H2,1-2H3,(H,22,25)(H,26,27)(H,23,24,28). The lowest BCUT2D eigenvalue weighted by atomic mass is 10.2. The molecule has 156 valence electrons. The fourth-order valence-electron chi connectivity index (χ4n) is 2.61. The van der Waals surface area contributed by atoms with Gasteiger partial charge in [0.2, 0.25) is 11.8 Å². The van der Waals surface area contributed by atoms with E-state index in [1.165, 1.54) is 23.1 Å². The minimum Gasteiger partial charge on any atom is -0.481 e. The van der Waals surface area contributed by atoms with Crippen LogP contribution in [0, 0.1) is 6.92 Å². The zero-order chi connectivity index (χ0) is 21.7. The maximum Gasteiger partial charge on any atom is 0.303 e. The Kier molecular flexibility index (Phi) is 7.07. The van der Waals surface area contributed by atoms with Crippen LogP contribution < -0.4 is 10.6 Å². The van der Waals surface area contributed by atoms with Crippen molar-refractivity contribution in [2.45, 2.75) is 36.8 Å². The summed E-state index contributed by atoms with van der Waals surface area (Å²) < 4.78 is 1.03. The number of hydrogen-bond donors (Lipinski definition) is 3. The average molecular weight is 444 g/mol. The number of thiazole rings is 1. The number of anilines is 2. The van der Waals surface area contributed by atoms with Crippen LogP contribution in [0.3, 0.4) is 0 Å². The molecule has 3 N–H and O–H groups in total. The molecule has 0 radical (unpaired) electrons. The van der Waals surface area contributed by atoms with E-state index in [1.807, 2.05) is 44.2 Å². The number of benzene rings is 2. The number of aromatic nitrogens is 1. The number of hydrogen-bond acceptors (Lipinski definition) is 6. The van der Waals surface area contributed by atoms with Gasteiger partial charge in [-0.2, -0.15) is 0 Å². The van der Waals surface area contributed by atoms with E-state index in [2.05, 4.69) is 15.6 Å². The van der Waals surface area contributed by atoms with Crippen LogP contribution in [0.2, 0.25) is 0 Å². The van der Waals surface area contributed by atoms with Gasteiger partial charge in [-0.1, -0.05) is 17.4 Å². The van der Waals surface area contributed by atoms with Gasteiger partial charge in [-0.15, -0.1) is 11.8 Å². The number of carboxylic acids is 1. The summed E-state index contributed by atoms with van der Waals surface area (Å²) in [5, 5.41) is 14.4. The third-order valence-corrected chi connectivity index (χ3v) is 6.21. The molecule has 0 aliphatic rings. The summed E-state index contributed by atoms with van der Waals surface area (Å²) in [6.07, 6.45) is -0.283. The summed E-state index contributed by atoms with van der Waals surface area (Å²) >= 11 is 2.84. The molecule has 9 heteroatoms. The summed E-state index contributed by atoms with van der Waals surface area (Å²) in [5.41, 5.74) is 2.59. The van der Waals surface area contributed by atoms with Crippen molar-refractivity contribution in [2.75, 3.05) is 10.6 Å². The lowest BCUT2D eigenvalue weighted by molar-refractivity contribution is -0.138. The molecule has 0 aliphatic carbocycles. The molecule has 3 rings (SSSR count). The summed E-state index contributed by atoms with van der Waals surface area (Å²) in [5.74, 6) is -1.50. The van der Waals surface area contributed by atoms with Crippen molar-refractivity contribution in [1.29, 1.82) is 0 Å². The van der Waals surface area contributed by atoms with E-state index >= 15 is 0 Å². The Morgan fingerprint density at radius 2 is 1.83 bits per heavy atom. The quantitative estimate of drug-likeness (QED) is 0.442. The number of thioether (sulfide) groups is 1. The van der Waals surface area contributed by atoms with Gasteiger partial charge < -0.3 is 15.7 Å². The highest BCUT2D eigenvalue weighted by Crippen LogP contribution is 2.29. The molecule has 0 bridgehead atoms. The SMILES string of the molecule is Cc1ccc2nc(NC(=O)C(C)Sc3ccc(NC(=O)CCC(=O)O)cc3)sc2c1. The number of carbonyl (C=O) groups is 3. The van der Waals surface area contributed by atoms with Crippen molar-refractivity contribution in [3.8, 4) is 0 Å². The molecule has 0 aliphatic heterocycles. The Hall–Kier alpha value is -2.91. The van der Waals surface area contributed by atoms with E-state index in [9.17, 15) is 14.4 Å². The Balaban J connectivity index is 1.54. The van der Waals surface area contributed by atoms with E-state index in [1.54, 1.807) is 12.1 Å². The number of aryl methyl sites for hydroxylation is 1. The van der Waals surface area contributed by atoms with E-state index in [0.29, 0.717) is 10.8 Å². The van der Waals surface area contributed by atoms with Crippen LogP contribution in [-0.4, -0.2) is 33.1 Å².